The molecule has 0 fully saturated rings. The Morgan fingerprint density at radius 3 is 2.50 bits per heavy atom. The zero-order valence-electron chi connectivity index (χ0n) is 9.68. The van der Waals surface area contributed by atoms with E-state index in [1.165, 1.54) is 0 Å². The summed E-state index contributed by atoms with van der Waals surface area (Å²) in [6, 6.07) is 0.297. The second kappa shape index (κ2) is 8.19. The van der Waals surface area contributed by atoms with Gasteiger partial charge >= 0.3 is 96.9 Å². The maximum absolute atomic E-state index is 6.53. The van der Waals surface area contributed by atoms with Gasteiger partial charge in [-0.2, -0.15) is 0 Å². The van der Waals surface area contributed by atoms with Crippen molar-refractivity contribution in [2.75, 3.05) is 6.61 Å². The van der Waals surface area contributed by atoms with Crippen LogP contribution in [0, 0.1) is 0 Å². The molecule has 0 amide bonds. The number of halogens is 1. The molecule has 0 aromatic rings. The number of rotatable bonds is 8. The van der Waals surface area contributed by atoms with Gasteiger partial charge in [-0.15, -0.1) is 0 Å². The molecule has 14 heavy (non-hydrogen) atoms. The molecule has 2 N–H and O–H groups in total. The number of hydrogen-bond acceptors (Lipinski definition) is 2. The molecule has 2 atom stereocenters. The van der Waals surface area contributed by atoms with E-state index in [0.717, 1.165) is 34.7 Å². The van der Waals surface area contributed by atoms with E-state index in [9.17, 15) is 0 Å². The van der Waals surface area contributed by atoms with Gasteiger partial charge in [-0.1, -0.05) is 0 Å². The van der Waals surface area contributed by atoms with Crippen molar-refractivity contribution >= 4 is 26.6 Å². The first-order valence-electron chi connectivity index (χ1n) is 5.62. The Balaban J connectivity index is 3.74. The Labute approximate surface area is 96.7 Å². The second-order valence-electron chi connectivity index (χ2n) is 3.95. The van der Waals surface area contributed by atoms with Crippen LogP contribution < -0.4 is 5.73 Å². The summed E-state index contributed by atoms with van der Waals surface area (Å²) in [5, 5.41) is 0. The summed E-state index contributed by atoms with van der Waals surface area (Å²) in [7, 11) is 6.53. The summed E-state index contributed by atoms with van der Waals surface area (Å²) >= 11 is -2.63. The van der Waals surface area contributed by atoms with E-state index in [1.54, 1.807) is 0 Å². The predicted octanol–water partition coefficient (Wildman–Crippen LogP) is 3.24. The standard InChI is InChI=1S/C5H12N.C3H7O.C2H5.ClH.Sn/c1-3-4-5(2)6;1-2-3-4;1-2;;/h5H,1,3-4,6H2,2H3;2-3H2,1H3;1H2,2H3;1H;/q;-1;;;+2/p-1. The van der Waals surface area contributed by atoms with E-state index in [1.807, 2.05) is 6.92 Å². The van der Waals surface area contributed by atoms with Gasteiger partial charge in [0, 0.05) is 0 Å². The summed E-state index contributed by atoms with van der Waals surface area (Å²) in [4.78, 5) is 0. The third kappa shape index (κ3) is 7.32. The van der Waals surface area contributed by atoms with E-state index >= 15 is 0 Å². The van der Waals surface area contributed by atoms with Gasteiger partial charge in [-0.25, -0.2) is 0 Å². The number of hydrogen-bond donors (Lipinski definition) is 1. The Hall–Kier alpha value is 1.01. The van der Waals surface area contributed by atoms with Crippen LogP contribution in [-0.4, -0.2) is 30.3 Å². The van der Waals surface area contributed by atoms with Crippen molar-refractivity contribution in [1.29, 1.82) is 0 Å². The Morgan fingerprint density at radius 1 is 1.43 bits per heavy atom. The molecule has 0 aromatic carbocycles. The molecular formula is C10H24ClNOSn. The molecule has 0 aromatic heterocycles. The van der Waals surface area contributed by atoms with Gasteiger partial charge in [0.25, 0.3) is 0 Å². The van der Waals surface area contributed by atoms with Crippen LogP contribution in [0.1, 0.15) is 40.0 Å². The average Bonchev–Trinajstić information content (AvgIpc) is 2.14. The van der Waals surface area contributed by atoms with Crippen molar-refractivity contribution in [1.82, 2.24) is 0 Å². The van der Waals surface area contributed by atoms with Gasteiger partial charge in [0.15, 0.2) is 0 Å². The third-order valence-corrected chi connectivity index (χ3v) is 14.3. The fraction of sp³-hybridized carbons (Fsp3) is 1.00. The molecular weight excluding hydrogens is 304 g/mol. The zero-order valence-corrected chi connectivity index (χ0v) is 13.3. The van der Waals surface area contributed by atoms with Crippen molar-refractivity contribution in [3.63, 3.8) is 0 Å². The van der Waals surface area contributed by atoms with Crippen LogP contribution >= 0.6 is 8.92 Å². The average molecular weight is 328 g/mol. The molecule has 0 heterocycles. The minimum atomic E-state index is -2.63. The van der Waals surface area contributed by atoms with Crippen LogP contribution in [0.4, 0.5) is 0 Å². The van der Waals surface area contributed by atoms with Crippen LogP contribution in [0.5, 0.6) is 0 Å². The Kier molecular flexibility index (Phi) is 8.78. The summed E-state index contributed by atoms with van der Waals surface area (Å²) in [5.74, 6) is 0. The van der Waals surface area contributed by atoms with E-state index in [-0.39, 0.29) is 0 Å². The molecule has 0 spiro atoms. The van der Waals surface area contributed by atoms with Gasteiger partial charge in [0.2, 0.25) is 0 Å². The summed E-state index contributed by atoms with van der Waals surface area (Å²) < 4.78 is 8.01. The van der Waals surface area contributed by atoms with E-state index < -0.39 is 17.7 Å². The van der Waals surface area contributed by atoms with Crippen LogP contribution in [0.2, 0.25) is 8.87 Å². The fourth-order valence-corrected chi connectivity index (χ4v) is 8.46. The molecule has 0 radical (unpaired) electrons. The van der Waals surface area contributed by atoms with E-state index in [4.69, 9.17) is 17.7 Å². The first-order valence-corrected chi connectivity index (χ1v) is 14.4. The molecule has 2 unspecified atom stereocenters. The first kappa shape index (κ1) is 15.0. The molecule has 0 rings (SSSR count). The second-order valence-corrected chi connectivity index (χ2v) is 17.9. The maximum atomic E-state index is 6.53. The summed E-state index contributed by atoms with van der Waals surface area (Å²) in [6.07, 6.45) is 3.27. The third-order valence-electron chi connectivity index (χ3n) is 2.30. The van der Waals surface area contributed by atoms with Gasteiger partial charge in [0.05, 0.1) is 0 Å². The molecule has 0 aliphatic heterocycles. The normalized spacial score (nSPS) is 17.8. The van der Waals surface area contributed by atoms with Crippen molar-refractivity contribution in [2.24, 2.45) is 5.73 Å². The minimum absolute atomic E-state index is 0.297. The molecule has 0 aliphatic carbocycles. The van der Waals surface area contributed by atoms with Crippen molar-refractivity contribution < 1.29 is 3.07 Å². The van der Waals surface area contributed by atoms with Crippen molar-refractivity contribution in [3.05, 3.63) is 0 Å². The van der Waals surface area contributed by atoms with Crippen molar-refractivity contribution in [3.8, 4) is 0 Å². The molecule has 0 saturated heterocycles. The van der Waals surface area contributed by atoms with Crippen LogP contribution in [0.3, 0.4) is 0 Å². The Bertz CT molecular complexity index is 146. The van der Waals surface area contributed by atoms with Gasteiger partial charge in [-0.05, 0) is 0 Å². The zero-order chi connectivity index (χ0) is 11.0. The van der Waals surface area contributed by atoms with Gasteiger partial charge in [-0.3, -0.25) is 0 Å². The van der Waals surface area contributed by atoms with Crippen LogP contribution in [0.15, 0.2) is 0 Å². The molecule has 86 valence electrons. The summed E-state index contributed by atoms with van der Waals surface area (Å²) in [6.45, 7) is 7.17. The quantitative estimate of drug-likeness (QED) is 0.694. The van der Waals surface area contributed by atoms with Crippen LogP contribution in [0.25, 0.3) is 0 Å². The molecule has 0 aliphatic rings. The van der Waals surface area contributed by atoms with Gasteiger partial charge < -0.3 is 0 Å². The monoisotopic (exact) mass is 329 g/mol. The van der Waals surface area contributed by atoms with E-state index in [2.05, 4.69) is 13.8 Å². The first-order chi connectivity index (χ1) is 6.54. The molecule has 2 nitrogen and oxygen atoms in total. The Morgan fingerprint density at radius 2 is 2.07 bits per heavy atom. The molecule has 0 saturated carbocycles. The fourth-order valence-electron chi connectivity index (χ4n) is 1.32. The van der Waals surface area contributed by atoms with Crippen molar-refractivity contribution in [2.45, 2.75) is 54.9 Å². The number of nitrogens with two attached hydrogens (primary N) is 1. The van der Waals surface area contributed by atoms with E-state index in [0.29, 0.717) is 6.04 Å². The topological polar surface area (TPSA) is 35.2 Å². The molecule has 0 bridgehead atoms. The predicted molar refractivity (Wildman–Crippen MR) is 66.0 cm³/mol. The summed E-state index contributed by atoms with van der Waals surface area (Å²) in [5.41, 5.74) is 5.70. The van der Waals surface area contributed by atoms with Crippen LogP contribution in [-0.2, 0) is 3.07 Å². The molecule has 4 heteroatoms. The SMILES string of the molecule is CCC[O][Sn]([Cl])([CH2]C)[CH2]CCC(C)N. The van der Waals surface area contributed by atoms with Gasteiger partial charge in [0.1, 0.15) is 0 Å².